The number of nitriles is 1. The zero-order valence-corrected chi connectivity index (χ0v) is 11.4. The molecule has 0 saturated heterocycles. The van der Waals surface area contributed by atoms with Crippen molar-refractivity contribution in [3.63, 3.8) is 0 Å². The number of aryl methyl sites for hydroxylation is 1. The topological polar surface area (TPSA) is 70.0 Å². The maximum Gasteiger partial charge on any atom is 0.234 e. The fraction of sp³-hybridized carbons (Fsp3) is 0.500. The van der Waals surface area contributed by atoms with Gasteiger partial charge in [-0.15, -0.1) is 22.9 Å². The minimum atomic E-state index is -3.43. The monoisotopic (exact) mass is 290 g/mol. The standard InChI is InChI=1S/C10H11ClN2O2S2/c11-4-5-17(14,15)13-10-8(6-12)7-2-1-3-9(7)16-10/h13H,1-5H2. The number of rotatable bonds is 4. The normalized spacial score (nSPS) is 14.4. The molecule has 0 fully saturated rings. The molecule has 0 radical (unpaired) electrons. The maximum atomic E-state index is 11.6. The quantitative estimate of drug-likeness (QED) is 0.863. The van der Waals surface area contributed by atoms with Crippen LogP contribution in [0.25, 0.3) is 0 Å². The van der Waals surface area contributed by atoms with E-state index >= 15 is 0 Å². The van der Waals surface area contributed by atoms with Gasteiger partial charge in [0.1, 0.15) is 11.1 Å². The van der Waals surface area contributed by atoms with Crippen molar-refractivity contribution >= 4 is 38.0 Å². The Bertz CT molecular complexity index is 572. The smallest absolute Gasteiger partial charge is 0.234 e. The van der Waals surface area contributed by atoms with Crippen molar-refractivity contribution in [2.24, 2.45) is 0 Å². The van der Waals surface area contributed by atoms with E-state index in [2.05, 4.69) is 10.8 Å². The van der Waals surface area contributed by atoms with E-state index < -0.39 is 10.0 Å². The Labute approximate surface area is 109 Å². The molecule has 2 rings (SSSR count). The lowest BCUT2D eigenvalue weighted by Crippen LogP contribution is -2.17. The average Bonchev–Trinajstić information content (AvgIpc) is 2.76. The number of hydrogen-bond donors (Lipinski definition) is 1. The van der Waals surface area contributed by atoms with Crippen LogP contribution in [0.5, 0.6) is 0 Å². The lowest BCUT2D eigenvalue weighted by molar-refractivity contribution is 0.602. The molecule has 1 aromatic rings. The third kappa shape index (κ3) is 2.57. The highest BCUT2D eigenvalue weighted by atomic mass is 35.5. The molecule has 1 aromatic heterocycles. The van der Waals surface area contributed by atoms with Gasteiger partial charge in [0.15, 0.2) is 0 Å². The molecule has 0 spiro atoms. The van der Waals surface area contributed by atoms with E-state index in [4.69, 9.17) is 16.9 Å². The summed E-state index contributed by atoms with van der Waals surface area (Å²) in [5.41, 5.74) is 1.50. The fourth-order valence-electron chi connectivity index (χ4n) is 1.89. The molecule has 1 aliphatic rings. The number of halogens is 1. The second-order valence-electron chi connectivity index (χ2n) is 3.78. The molecule has 1 N–H and O–H groups in total. The molecule has 0 saturated carbocycles. The Morgan fingerprint density at radius 2 is 2.24 bits per heavy atom. The van der Waals surface area contributed by atoms with Gasteiger partial charge in [-0.1, -0.05) is 0 Å². The Morgan fingerprint density at radius 3 is 2.88 bits per heavy atom. The van der Waals surface area contributed by atoms with Gasteiger partial charge in [0.2, 0.25) is 10.0 Å². The first-order chi connectivity index (χ1) is 8.07. The number of thiophene rings is 1. The van der Waals surface area contributed by atoms with E-state index in [-0.39, 0.29) is 11.6 Å². The molecule has 1 heterocycles. The lowest BCUT2D eigenvalue weighted by atomic mass is 10.1. The second kappa shape index (κ2) is 4.84. The molecule has 0 amide bonds. The molecule has 4 nitrogen and oxygen atoms in total. The molecule has 17 heavy (non-hydrogen) atoms. The Kier molecular flexibility index (Phi) is 3.61. The summed E-state index contributed by atoms with van der Waals surface area (Å²) in [6.07, 6.45) is 2.85. The van der Waals surface area contributed by atoms with Crippen molar-refractivity contribution in [1.82, 2.24) is 0 Å². The average molecular weight is 291 g/mol. The van der Waals surface area contributed by atoms with Crippen LogP contribution < -0.4 is 4.72 Å². The van der Waals surface area contributed by atoms with Crippen LogP contribution in [0.1, 0.15) is 22.4 Å². The van der Waals surface area contributed by atoms with E-state index in [0.29, 0.717) is 10.6 Å². The third-order valence-corrected chi connectivity index (χ3v) is 5.63. The number of nitrogens with one attached hydrogen (secondary N) is 1. The first-order valence-corrected chi connectivity index (χ1v) is 8.19. The summed E-state index contributed by atoms with van der Waals surface area (Å²) in [5, 5.41) is 9.54. The minimum Gasteiger partial charge on any atom is -0.273 e. The van der Waals surface area contributed by atoms with Crippen molar-refractivity contribution in [3.8, 4) is 6.07 Å². The highest BCUT2D eigenvalue weighted by molar-refractivity contribution is 7.93. The van der Waals surface area contributed by atoms with Gasteiger partial charge in [-0.2, -0.15) is 5.26 Å². The molecule has 0 atom stereocenters. The van der Waals surface area contributed by atoms with Crippen LogP contribution in [-0.4, -0.2) is 20.1 Å². The van der Waals surface area contributed by atoms with Gasteiger partial charge in [-0.25, -0.2) is 8.42 Å². The van der Waals surface area contributed by atoms with Gasteiger partial charge in [0, 0.05) is 10.8 Å². The number of fused-ring (bicyclic) bond motifs is 1. The zero-order valence-electron chi connectivity index (χ0n) is 8.99. The first-order valence-electron chi connectivity index (χ1n) is 5.18. The van der Waals surface area contributed by atoms with Crippen molar-refractivity contribution in [3.05, 3.63) is 16.0 Å². The lowest BCUT2D eigenvalue weighted by Gasteiger charge is -2.04. The summed E-state index contributed by atoms with van der Waals surface area (Å²) in [6.45, 7) is 0. The summed E-state index contributed by atoms with van der Waals surface area (Å²) in [7, 11) is -3.43. The first kappa shape index (κ1) is 12.7. The van der Waals surface area contributed by atoms with Crippen molar-refractivity contribution in [2.45, 2.75) is 19.3 Å². The van der Waals surface area contributed by atoms with Crippen molar-refractivity contribution < 1.29 is 8.42 Å². The van der Waals surface area contributed by atoms with Gasteiger partial charge in [-0.3, -0.25) is 4.72 Å². The summed E-state index contributed by atoms with van der Waals surface area (Å²) in [4.78, 5) is 1.13. The SMILES string of the molecule is N#Cc1c(NS(=O)(=O)CCCl)sc2c1CCC2. The third-order valence-electron chi connectivity index (χ3n) is 2.63. The summed E-state index contributed by atoms with van der Waals surface area (Å²) in [6, 6.07) is 2.09. The number of nitrogens with zero attached hydrogens (tertiary/aromatic N) is 1. The van der Waals surface area contributed by atoms with Gasteiger partial charge in [0.05, 0.1) is 11.3 Å². The zero-order chi connectivity index (χ0) is 12.5. The molecule has 7 heteroatoms. The molecule has 0 unspecified atom stereocenters. The van der Waals surface area contributed by atoms with Gasteiger partial charge in [0.25, 0.3) is 0 Å². The predicted molar refractivity (Wildman–Crippen MR) is 69.2 cm³/mol. The van der Waals surface area contributed by atoms with Crippen LogP contribution in [-0.2, 0) is 22.9 Å². The van der Waals surface area contributed by atoms with E-state index in [1.807, 2.05) is 0 Å². The van der Waals surface area contributed by atoms with Gasteiger partial charge in [-0.05, 0) is 24.8 Å². The Balaban J connectivity index is 2.32. The van der Waals surface area contributed by atoms with Crippen LogP contribution >= 0.6 is 22.9 Å². The molecular weight excluding hydrogens is 280 g/mol. The van der Waals surface area contributed by atoms with Crippen molar-refractivity contribution in [2.75, 3.05) is 16.4 Å². The highest BCUT2D eigenvalue weighted by Crippen LogP contribution is 2.38. The molecule has 92 valence electrons. The highest BCUT2D eigenvalue weighted by Gasteiger charge is 2.24. The van der Waals surface area contributed by atoms with E-state index in [1.165, 1.54) is 11.3 Å². The van der Waals surface area contributed by atoms with Crippen LogP contribution in [0.3, 0.4) is 0 Å². The Hall–Kier alpha value is -0.770. The maximum absolute atomic E-state index is 11.6. The second-order valence-corrected chi connectivity index (χ2v) is 7.11. The van der Waals surface area contributed by atoms with Crippen LogP contribution in [0.2, 0.25) is 0 Å². The van der Waals surface area contributed by atoms with Crippen LogP contribution in [0.15, 0.2) is 0 Å². The van der Waals surface area contributed by atoms with Crippen LogP contribution in [0.4, 0.5) is 5.00 Å². The molecule has 0 bridgehead atoms. The molecular formula is C10H11ClN2O2S2. The van der Waals surface area contributed by atoms with E-state index in [0.717, 1.165) is 29.7 Å². The largest absolute Gasteiger partial charge is 0.273 e. The predicted octanol–water partition coefficient (Wildman–Crippen LogP) is 2.09. The molecule has 1 aliphatic carbocycles. The Morgan fingerprint density at radius 1 is 1.47 bits per heavy atom. The summed E-state index contributed by atoms with van der Waals surface area (Å²) >= 11 is 6.79. The van der Waals surface area contributed by atoms with Crippen molar-refractivity contribution in [1.29, 1.82) is 5.26 Å². The van der Waals surface area contributed by atoms with Gasteiger partial charge < -0.3 is 0 Å². The van der Waals surface area contributed by atoms with Crippen LogP contribution in [0, 0.1) is 11.3 Å². The molecule has 0 aromatic carbocycles. The number of sulfonamides is 1. The number of alkyl halides is 1. The fourth-order valence-corrected chi connectivity index (χ4v) is 4.83. The summed E-state index contributed by atoms with van der Waals surface area (Å²) in [5.74, 6) is -0.0930. The van der Waals surface area contributed by atoms with E-state index in [1.54, 1.807) is 0 Å². The number of hydrogen-bond acceptors (Lipinski definition) is 4. The van der Waals surface area contributed by atoms with E-state index in [9.17, 15) is 8.42 Å². The number of anilines is 1. The summed E-state index contributed by atoms with van der Waals surface area (Å²) < 4.78 is 25.6. The van der Waals surface area contributed by atoms with Gasteiger partial charge >= 0.3 is 0 Å². The molecule has 0 aliphatic heterocycles. The minimum absolute atomic E-state index is 0.0440.